The molecule has 0 radical (unpaired) electrons. The van der Waals surface area contributed by atoms with Crippen LogP contribution in [0.15, 0.2) is 23.1 Å². The zero-order valence-corrected chi connectivity index (χ0v) is 13.4. The Hall–Kier alpha value is -1.13. The summed E-state index contributed by atoms with van der Waals surface area (Å²) in [5.41, 5.74) is 6.36. The van der Waals surface area contributed by atoms with Gasteiger partial charge in [0.15, 0.2) is 0 Å². The molecular formula is C14H18ClN3O2S. The van der Waals surface area contributed by atoms with Crippen molar-refractivity contribution in [3.8, 4) is 6.07 Å². The molecule has 1 fully saturated rings. The summed E-state index contributed by atoms with van der Waals surface area (Å²) in [5.74, 6) is 0.158. The number of sulfonamides is 1. The smallest absolute Gasteiger partial charge is 0.244 e. The summed E-state index contributed by atoms with van der Waals surface area (Å²) in [4.78, 5) is 0.0495. The van der Waals surface area contributed by atoms with E-state index in [4.69, 9.17) is 22.6 Å². The van der Waals surface area contributed by atoms with E-state index < -0.39 is 10.0 Å². The molecule has 0 spiro atoms. The third-order valence-electron chi connectivity index (χ3n) is 3.96. The van der Waals surface area contributed by atoms with Crippen molar-refractivity contribution in [3.63, 3.8) is 0 Å². The lowest BCUT2D eigenvalue weighted by atomic mass is 9.92. The van der Waals surface area contributed by atoms with Gasteiger partial charge in [0.2, 0.25) is 10.0 Å². The summed E-state index contributed by atoms with van der Waals surface area (Å²) >= 11 is 6.03. The van der Waals surface area contributed by atoms with E-state index in [9.17, 15) is 8.42 Å². The lowest BCUT2D eigenvalue weighted by Crippen LogP contribution is -2.48. The van der Waals surface area contributed by atoms with Crippen LogP contribution in [0.1, 0.15) is 25.3 Å². The molecule has 1 aliphatic heterocycles. The Kier molecular flexibility index (Phi) is 4.89. The summed E-state index contributed by atoms with van der Waals surface area (Å²) in [6.45, 7) is 2.82. The van der Waals surface area contributed by atoms with E-state index in [0.29, 0.717) is 25.1 Å². The van der Waals surface area contributed by atoms with E-state index in [1.807, 2.05) is 13.0 Å². The number of nitrogens with zero attached hydrogens (tertiary/aromatic N) is 2. The highest BCUT2D eigenvalue weighted by Gasteiger charge is 2.34. The maximum Gasteiger partial charge on any atom is 0.244 e. The van der Waals surface area contributed by atoms with Crippen molar-refractivity contribution < 1.29 is 8.42 Å². The lowest BCUT2D eigenvalue weighted by molar-refractivity contribution is 0.230. The van der Waals surface area contributed by atoms with E-state index >= 15 is 0 Å². The normalized spacial score (nSPS) is 23.7. The predicted molar refractivity (Wildman–Crippen MR) is 81.3 cm³/mol. The highest BCUT2D eigenvalue weighted by atomic mass is 35.5. The largest absolute Gasteiger partial charge is 0.327 e. The van der Waals surface area contributed by atoms with Crippen LogP contribution in [0.2, 0.25) is 5.02 Å². The van der Waals surface area contributed by atoms with Crippen LogP contribution in [0.5, 0.6) is 0 Å². The molecule has 2 atom stereocenters. The molecule has 114 valence electrons. The van der Waals surface area contributed by atoms with Gasteiger partial charge in [0.25, 0.3) is 0 Å². The van der Waals surface area contributed by atoms with Gasteiger partial charge < -0.3 is 5.73 Å². The highest BCUT2D eigenvalue weighted by Crippen LogP contribution is 2.29. The molecule has 1 aliphatic rings. The number of hydrogen-bond donors (Lipinski definition) is 1. The minimum Gasteiger partial charge on any atom is -0.327 e. The van der Waals surface area contributed by atoms with Gasteiger partial charge in [0.1, 0.15) is 4.90 Å². The third-order valence-corrected chi connectivity index (χ3v) is 6.31. The van der Waals surface area contributed by atoms with Gasteiger partial charge in [-0.15, -0.1) is 0 Å². The number of nitriles is 1. The van der Waals surface area contributed by atoms with Crippen molar-refractivity contribution in [2.45, 2.75) is 30.7 Å². The van der Waals surface area contributed by atoms with Gasteiger partial charge in [-0.25, -0.2) is 8.42 Å². The minimum absolute atomic E-state index is 0.0397. The van der Waals surface area contributed by atoms with Crippen molar-refractivity contribution in [1.29, 1.82) is 5.26 Å². The molecule has 5 nitrogen and oxygen atoms in total. The summed E-state index contributed by atoms with van der Waals surface area (Å²) in [5, 5.41) is 8.90. The van der Waals surface area contributed by atoms with Crippen LogP contribution >= 0.6 is 11.6 Å². The van der Waals surface area contributed by atoms with E-state index in [0.717, 1.165) is 6.42 Å². The molecule has 1 aromatic carbocycles. The fourth-order valence-corrected chi connectivity index (χ4v) is 4.62. The summed E-state index contributed by atoms with van der Waals surface area (Å²) in [7, 11) is -3.65. The van der Waals surface area contributed by atoms with Crippen molar-refractivity contribution in [2.75, 3.05) is 13.1 Å². The van der Waals surface area contributed by atoms with E-state index in [1.54, 1.807) is 0 Å². The molecule has 0 saturated carbocycles. The van der Waals surface area contributed by atoms with Gasteiger partial charge in [-0.3, -0.25) is 0 Å². The third kappa shape index (κ3) is 3.22. The maximum absolute atomic E-state index is 12.7. The SMILES string of the molecule is CCC1CN(S(=O)(=O)c2ccc(C#N)cc2Cl)CCC1N. The molecule has 7 heteroatoms. The maximum atomic E-state index is 12.7. The van der Waals surface area contributed by atoms with Crippen LogP contribution in [-0.2, 0) is 10.0 Å². The lowest BCUT2D eigenvalue weighted by Gasteiger charge is -2.35. The Morgan fingerprint density at radius 3 is 2.81 bits per heavy atom. The highest BCUT2D eigenvalue weighted by molar-refractivity contribution is 7.89. The van der Waals surface area contributed by atoms with Gasteiger partial charge in [0, 0.05) is 19.1 Å². The average molecular weight is 328 g/mol. The summed E-state index contributed by atoms with van der Waals surface area (Å²) in [6, 6.07) is 6.21. The monoisotopic (exact) mass is 327 g/mol. The Balaban J connectivity index is 2.32. The second-order valence-electron chi connectivity index (χ2n) is 5.24. The fourth-order valence-electron chi connectivity index (χ4n) is 2.59. The van der Waals surface area contributed by atoms with E-state index in [2.05, 4.69) is 0 Å². The molecule has 0 aromatic heterocycles. The number of nitrogens with two attached hydrogens (primary N) is 1. The first-order valence-corrected chi connectivity index (χ1v) is 8.67. The zero-order valence-electron chi connectivity index (χ0n) is 11.8. The van der Waals surface area contributed by atoms with Crippen LogP contribution in [0, 0.1) is 17.2 Å². The van der Waals surface area contributed by atoms with Crippen LogP contribution < -0.4 is 5.73 Å². The minimum atomic E-state index is -3.65. The second-order valence-corrected chi connectivity index (χ2v) is 7.55. The molecule has 1 aromatic rings. The fraction of sp³-hybridized carbons (Fsp3) is 0.500. The first-order chi connectivity index (χ1) is 9.90. The number of piperidine rings is 1. The number of halogens is 1. The van der Waals surface area contributed by atoms with Gasteiger partial charge in [-0.1, -0.05) is 24.9 Å². The Morgan fingerprint density at radius 1 is 1.52 bits per heavy atom. The average Bonchev–Trinajstić information content (AvgIpc) is 2.47. The van der Waals surface area contributed by atoms with E-state index in [-0.39, 0.29) is 21.9 Å². The second kappa shape index (κ2) is 6.32. The molecule has 0 bridgehead atoms. The van der Waals surface area contributed by atoms with Crippen molar-refractivity contribution in [1.82, 2.24) is 4.31 Å². The number of benzene rings is 1. The van der Waals surface area contributed by atoms with Crippen LogP contribution in [0.25, 0.3) is 0 Å². The molecule has 21 heavy (non-hydrogen) atoms. The van der Waals surface area contributed by atoms with Gasteiger partial charge in [-0.05, 0) is 30.5 Å². The predicted octanol–water partition coefficient (Wildman–Crippen LogP) is 1.96. The summed E-state index contributed by atoms with van der Waals surface area (Å²) in [6.07, 6.45) is 1.49. The van der Waals surface area contributed by atoms with E-state index in [1.165, 1.54) is 22.5 Å². The molecule has 2 unspecified atom stereocenters. The quantitative estimate of drug-likeness (QED) is 0.919. The Labute approximate surface area is 130 Å². The molecule has 1 saturated heterocycles. The summed E-state index contributed by atoms with van der Waals surface area (Å²) < 4.78 is 26.8. The molecule has 2 N–H and O–H groups in total. The standard InChI is InChI=1S/C14H18ClN3O2S/c1-2-11-9-18(6-5-13(11)17)21(19,20)14-4-3-10(8-16)7-12(14)15/h3-4,7,11,13H,2,5-6,9,17H2,1H3. The first kappa shape index (κ1) is 16.2. The topological polar surface area (TPSA) is 87.2 Å². The zero-order chi connectivity index (χ0) is 15.6. The van der Waals surface area contributed by atoms with Crippen molar-refractivity contribution in [2.24, 2.45) is 11.7 Å². The van der Waals surface area contributed by atoms with Crippen molar-refractivity contribution in [3.05, 3.63) is 28.8 Å². The van der Waals surface area contributed by atoms with Gasteiger partial charge in [0.05, 0.1) is 16.7 Å². The van der Waals surface area contributed by atoms with Crippen LogP contribution in [0.3, 0.4) is 0 Å². The van der Waals surface area contributed by atoms with Crippen LogP contribution in [0.4, 0.5) is 0 Å². The molecule has 0 aliphatic carbocycles. The van der Waals surface area contributed by atoms with Gasteiger partial charge in [-0.2, -0.15) is 9.57 Å². The Bertz CT molecular complexity index is 669. The number of hydrogen-bond acceptors (Lipinski definition) is 4. The Morgan fingerprint density at radius 2 is 2.24 bits per heavy atom. The van der Waals surface area contributed by atoms with Crippen LogP contribution in [-0.4, -0.2) is 31.9 Å². The molecule has 2 rings (SSSR count). The van der Waals surface area contributed by atoms with Gasteiger partial charge >= 0.3 is 0 Å². The molecule has 1 heterocycles. The number of rotatable bonds is 3. The molecular weight excluding hydrogens is 310 g/mol. The molecule has 0 amide bonds. The first-order valence-electron chi connectivity index (χ1n) is 6.85. The van der Waals surface area contributed by atoms with Crippen molar-refractivity contribution >= 4 is 21.6 Å².